The maximum Gasteiger partial charge on any atom is 0.268 e. The molecule has 1 unspecified atom stereocenters. The molecule has 1 aromatic heterocycles. The second-order valence-corrected chi connectivity index (χ2v) is 9.37. The molecule has 0 bridgehead atoms. The van der Waals surface area contributed by atoms with E-state index >= 15 is 0 Å². The van der Waals surface area contributed by atoms with E-state index in [1.165, 1.54) is 23.9 Å². The average molecular weight is 541 g/mol. The lowest BCUT2D eigenvalue weighted by Gasteiger charge is -2.17. The number of nitrogens with zero attached hydrogens (tertiary/aromatic N) is 6. The summed E-state index contributed by atoms with van der Waals surface area (Å²) >= 11 is 19.6. The summed E-state index contributed by atoms with van der Waals surface area (Å²) in [6, 6.07) is 10.4. The Labute approximate surface area is 213 Å². The molecule has 10 nitrogen and oxygen atoms in total. The molecule has 0 radical (unpaired) electrons. The van der Waals surface area contributed by atoms with E-state index in [-0.39, 0.29) is 28.2 Å². The van der Waals surface area contributed by atoms with Crippen molar-refractivity contribution < 1.29 is 14.3 Å². The van der Waals surface area contributed by atoms with Crippen molar-refractivity contribution in [2.45, 2.75) is 17.3 Å². The second-order valence-electron chi connectivity index (χ2n) is 7.04. The first-order valence-electron chi connectivity index (χ1n) is 9.66. The molecule has 1 atom stereocenters. The summed E-state index contributed by atoms with van der Waals surface area (Å²) in [4.78, 5) is 25.7. The van der Waals surface area contributed by atoms with Crippen molar-refractivity contribution in [3.05, 3.63) is 57.0 Å². The first-order chi connectivity index (χ1) is 16.3. The number of methoxy groups -OCH3 is 1. The molecule has 1 aliphatic rings. The van der Waals surface area contributed by atoms with E-state index in [0.717, 1.165) is 22.3 Å². The largest absolute Gasteiger partial charge is 0.375 e. The molecule has 2 aromatic carbocycles. The summed E-state index contributed by atoms with van der Waals surface area (Å²) in [6.07, 6.45) is 0. The fourth-order valence-corrected chi connectivity index (χ4v) is 5.05. The molecule has 0 aliphatic carbocycles. The van der Waals surface area contributed by atoms with Crippen LogP contribution in [-0.2, 0) is 14.3 Å². The average Bonchev–Trinajstić information content (AvgIpc) is 3.34. The van der Waals surface area contributed by atoms with Crippen LogP contribution in [0, 0.1) is 6.92 Å². The Bertz CT molecular complexity index is 1280. The van der Waals surface area contributed by atoms with Crippen LogP contribution < -0.4 is 10.3 Å². The number of carbonyl (C=O) groups excluding carboxylic acids is 2. The third-order valence-corrected chi connectivity index (χ3v) is 6.46. The van der Waals surface area contributed by atoms with Crippen molar-refractivity contribution in [2.24, 2.45) is 5.10 Å². The molecule has 34 heavy (non-hydrogen) atoms. The number of hydrazone groups is 1. The number of ether oxygens (including phenoxy) is 1. The first kappa shape index (κ1) is 24.4. The molecule has 3 aromatic rings. The van der Waals surface area contributed by atoms with Gasteiger partial charge in [-0.3, -0.25) is 9.59 Å². The minimum atomic E-state index is -1.00. The monoisotopic (exact) mass is 539 g/mol. The van der Waals surface area contributed by atoms with Crippen LogP contribution in [-0.4, -0.2) is 56.8 Å². The molecular formula is C20H16Cl3N7O3S. The summed E-state index contributed by atoms with van der Waals surface area (Å²) < 4.78 is 6.36. The Morgan fingerprint density at radius 2 is 1.94 bits per heavy atom. The van der Waals surface area contributed by atoms with Crippen molar-refractivity contribution in [1.82, 2.24) is 25.5 Å². The van der Waals surface area contributed by atoms with E-state index in [9.17, 15) is 9.59 Å². The van der Waals surface area contributed by atoms with Gasteiger partial charge in [-0.25, -0.2) is 0 Å². The normalized spacial score (nSPS) is 15.6. The zero-order valence-corrected chi connectivity index (χ0v) is 20.8. The molecule has 2 amide bonds. The van der Waals surface area contributed by atoms with Gasteiger partial charge >= 0.3 is 0 Å². The number of amidine groups is 1. The Kier molecular flexibility index (Phi) is 7.39. The molecule has 176 valence electrons. The zero-order chi connectivity index (χ0) is 24.4. The number of halogens is 3. The van der Waals surface area contributed by atoms with Crippen LogP contribution in [0.15, 0.2) is 46.7 Å². The Balaban J connectivity index is 1.71. The molecule has 2 heterocycles. The number of hydrogen-bond donors (Lipinski definition) is 1. The van der Waals surface area contributed by atoms with Gasteiger partial charge in [0.25, 0.3) is 11.8 Å². The molecule has 4 rings (SSSR count). The van der Waals surface area contributed by atoms with Gasteiger partial charge in [0, 0.05) is 12.1 Å². The van der Waals surface area contributed by atoms with Gasteiger partial charge in [-0.15, -0.1) is 10.2 Å². The van der Waals surface area contributed by atoms with Gasteiger partial charge in [-0.2, -0.15) is 9.69 Å². The fourth-order valence-electron chi connectivity index (χ4n) is 3.12. The molecule has 0 saturated carbocycles. The summed E-state index contributed by atoms with van der Waals surface area (Å²) in [7, 11) is 1.38. The Morgan fingerprint density at radius 1 is 1.21 bits per heavy atom. The smallest absolute Gasteiger partial charge is 0.268 e. The van der Waals surface area contributed by atoms with Gasteiger partial charge in [-0.1, -0.05) is 58.7 Å². The highest BCUT2D eigenvalue weighted by atomic mass is 35.5. The Morgan fingerprint density at radius 3 is 2.62 bits per heavy atom. The lowest BCUT2D eigenvalue weighted by atomic mass is 10.2. The highest BCUT2D eigenvalue weighted by molar-refractivity contribution is 8.01. The molecule has 0 spiro atoms. The fraction of sp³-hybridized carbons (Fsp3) is 0.200. The van der Waals surface area contributed by atoms with Crippen LogP contribution in [0.1, 0.15) is 5.56 Å². The van der Waals surface area contributed by atoms with E-state index in [1.807, 2.05) is 31.2 Å². The SMILES string of the molecule is COCC(=O)NC1=NN(c2c(Cl)cc(Cl)cc2Cl)C(=O)C1Sc1nnnn1-c1cccc(C)c1. The number of anilines is 1. The number of nitrogens with one attached hydrogen (secondary N) is 1. The predicted molar refractivity (Wildman–Crippen MR) is 130 cm³/mol. The van der Waals surface area contributed by atoms with Gasteiger partial charge in [0.1, 0.15) is 12.3 Å². The maximum absolute atomic E-state index is 13.5. The van der Waals surface area contributed by atoms with Gasteiger partial charge in [0.15, 0.2) is 11.1 Å². The van der Waals surface area contributed by atoms with Crippen LogP contribution in [0.3, 0.4) is 0 Å². The van der Waals surface area contributed by atoms with Crippen LogP contribution in [0.25, 0.3) is 5.69 Å². The lowest BCUT2D eigenvalue weighted by molar-refractivity contribution is -0.123. The number of tetrazole rings is 1. The van der Waals surface area contributed by atoms with Crippen LogP contribution in [0.5, 0.6) is 0 Å². The standard InChI is InChI=1S/C20H16Cl3N7O3S/c1-10-4-3-5-12(6-10)29-20(25-27-28-29)34-17-18(24-15(31)9-33-2)26-30(19(17)32)16-13(22)7-11(21)8-14(16)23/h3-8,17H,9H2,1-2H3,(H,24,26,31). The maximum atomic E-state index is 13.5. The number of aromatic nitrogens is 4. The number of hydrogen-bond acceptors (Lipinski definition) is 8. The summed E-state index contributed by atoms with van der Waals surface area (Å²) in [5, 5.41) is 19.6. The van der Waals surface area contributed by atoms with E-state index in [1.54, 1.807) is 0 Å². The van der Waals surface area contributed by atoms with E-state index in [0.29, 0.717) is 15.9 Å². The number of carbonyl (C=O) groups is 2. The number of rotatable bonds is 6. The highest BCUT2D eigenvalue weighted by Crippen LogP contribution is 2.40. The summed E-state index contributed by atoms with van der Waals surface area (Å²) in [5.41, 5.74) is 1.85. The van der Waals surface area contributed by atoms with Crippen LogP contribution in [0.4, 0.5) is 5.69 Å². The van der Waals surface area contributed by atoms with E-state index in [4.69, 9.17) is 39.5 Å². The first-order valence-corrected chi connectivity index (χ1v) is 11.7. The topological polar surface area (TPSA) is 115 Å². The van der Waals surface area contributed by atoms with Gasteiger partial charge in [-0.05, 0) is 47.2 Å². The molecule has 0 saturated heterocycles. The lowest BCUT2D eigenvalue weighted by Crippen LogP contribution is -2.40. The van der Waals surface area contributed by atoms with Crippen molar-refractivity contribution in [1.29, 1.82) is 0 Å². The van der Waals surface area contributed by atoms with Crippen LogP contribution >= 0.6 is 46.6 Å². The second kappa shape index (κ2) is 10.3. The van der Waals surface area contributed by atoms with Crippen molar-refractivity contribution >= 4 is 69.9 Å². The third kappa shape index (κ3) is 5.03. The van der Waals surface area contributed by atoms with E-state index < -0.39 is 17.1 Å². The van der Waals surface area contributed by atoms with Gasteiger partial charge in [0.05, 0.1) is 15.7 Å². The minimum absolute atomic E-state index is 0.0536. The molecule has 1 aliphatic heterocycles. The third-order valence-electron chi connectivity index (χ3n) is 4.54. The molecule has 0 fully saturated rings. The van der Waals surface area contributed by atoms with Crippen molar-refractivity contribution in [3.8, 4) is 5.69 Å². The zero-order valence-electron chi connectivity index (χ0n) is 17.7. The van der Waals surface area contributed by atoms with E-state index in [2.05, 4.69) is 25.9 Å². The molecular weight excluding hydrogens is 525 g/mol. The quantitative estimate of drug-likeness (QED) is 0.509. The number of thioether (sulfide) groups is 1. The summed E-state index contributed by atoms with van der Waals surface area (Å²) in [6.45, 7) is 1.71. The number of aryl methyl sites for hydroxylation is 1. The number of benzene rings is 2. The van der Waals surface area contributed by atoms with Crippen LogP contribution in [0.2, 0.25) is 15.1 Å². The van der Waals surface area contributed by atoms with Crippen molar-refractivity contribution in [3.63, 3.8) is 0 Å². The minimum Gasteiger partial charge on any atom is -0.375 e. The molecule has 14 heteroatoms. The number of amides is 2. The van der Waals surface area contributed by atoms with Gasteiger partial charge in [0.2, 0.25) is 5.16 Å². The molecule has 1 N–H and O–H groups in total. The Hall–Kier alpha value is -2.70. The summed E-state index contributed by atoms with van der Waals surface area (Å²) in [5.74, 6) is -0.950. The highest BCUT2D eigenvalue weighted by Gasteiger charge is 2.41. The van der Waals surface area contributed by atoms with Gasteiger partial charge < -0.3 is 10.1 Å². The van der Waals surface area contributed by atoms with Crippen molar-refractivity contribution in [2.75, 3.05) is 18.7 Å². The predicted octanol–water partition coefficient (Wildman–Crippen LogP) is 3.51.